The van der Waals surface area contributed by atoms with E-state index in [4.69, 9.17) is 9.47 Å². The molecule has 1 amide bonds. The molecule has 0 saturated heterocycles. The van der Waals surface area contributed by atoms with Gasteiger partial charge in [0.15, 0.2) is 6.61 Å². The van der Waals surface area contributed by atoms with E-state index in [0.717, 1.165) is 34.3 Å². The Morgan fingerprint density at radius 3 is 2.92 bits per heavy atom. The molecule has 4 rings (SSSR count). The number of hydrogen-bond acceptors (Lipinski definition) is 4. The van der Waals surface area contributed by atoms with E-state index in [2.05, 4.69) is 15.5 Å². The van der Waals surface area contributed by atoms with Gasteiger partial charge in [0.2, 0.25) is 0 Å². The van der Waals surface area contributed by atoms with Gasteiger partial charge in [-0.15, -0.1) is 0 Å². The fourth-order valence-corrected chi connectivity index (χ4v) is 2.73. The number of carbonyl (C=O) groups is 1. The number of H-pyrrole nitrogens is 1. The van der Waals surface area contributed by atoms with Gasteiger partial charge in [0, 0.05) is 17.5 Å². The van der Waals surface area contributed by atoms with Gasteiger partial charge in [0.1, 0.15) is 17.2 Å². The van der Waals surface area contributed by atoms with Crippen LogP contribution in [0.25, 0.3) is 22.2 Å². The van der Waals surface area contributed by atoms with Gasteiger partial charge in [-0.1, -0.05) is 12.1 Å². The molecule has 4 bridgehead atoms. The Balaban J connectivity index is 1.78. The highest BCUT2D eigenvalue weighted by Gasteiger charge is 2.11. The normalized spacial score (nSPS) is 15.1. The van der Waals surface area contributed by atoms with Crippen molar-refractivity contribution >= 4 is 16.8 Å². The molecule has 122 valence electrons. The van der Waals surface area contributed by atoms with Crippen LogP contribution in [0, 0.1) is 0 Å². The zero-order chi connectivity index (χ0) is 16.4. The first-order valence-electron chi connectivity index (χ1n) is 7.90. The molecule has 0 saturated carbocycles. The van der Waals surface area contributed by atoms with Crippen LogP contribution in [0.4, 0.5) is 0 Å². The number of amides is 1. The van der Waals surface area contributed by atoms with Crippen LogP contribution in [-0.4, -0.2) is 35.9 Å². The largest absolute Gasteiger partial charge is 0.494 e. The van der Waals surface area contributed by atoms with Crippen molar-refractivity contribution in [2.75, 3.05) is 19.8 Å². The molecule has 6 nitrogen and oxygen atoms in total. The first-order chi connectivity index (χ1) is 11.8. The standard InChI is InChI=1S/C18H17N3O3/c22-17-11-24-13-4-1-3-12(9-13)18-15-10-14(23-8-2-7-19-17)5-6-16(15)20-21-18/h1,3-6,9-10H,2,7-8,11H2,(H,19,22)(H,20,21). The second kappa shape index (κ2) is 6.23. The molecule has 6 heteroatoms. The summed E-state index contributed by atoms with van der Waals surface area (Å²) in [6.45, 7) is 1.09. The van der Waals surface area contributed by atoms with Crippen LogP contribution in [0.5, 0.6) is 11.5 Å². The van der Waals surface area contributed by atoms with Crippen molar-refractivity contribution in [1.82, 2.24) is 15.5 Å². The van der Waals surface area contributed by atoms with E-state index in [-0.39, 0.29) is 12.5 Å². The van der Waals surface area contributed by atoms with E-state index < -0.39 is 0 Å². The molecule has 1 aliphatic heterocycles. The molecule has 1 aromatic heterocycles. The molecule has 0 atom stereocenters. The summed E-state index contributed by atoms with van der Waals surface area (Å²) in [5.41, 5.74) is 2.70. The second-order valence-corrected chi connectivity index (χ2v) is 5.65. The van der Waals surface area contributed by atoms with Crippen molar-refractivity contribution < 1.29 is 14.3 Å². The maximum Gasteiger partial charge on any atom is 0.257 e. The summed E-state index contributed by atoms with van der Waals surface area (Å²) in [6.07, 6.45) is 0.732. The van der Waals surface area contributed by atoms with Gasteiger partial charge in [-0.3, -0.25) is 9.89 Å². The predicted molar refractivity (Wildman–Crippen MR) is 90.1 cm³/mol. The molecule has 0 aliphatic carbocycles. The maximum absolute atomic E-state index is 11.8. The van der Waals surface area contributed by atoms with Gasteiger partial charge in [-0.05, 0) is 36.8 Å². The van der Waals surface area contributed by atoms with E-state index in [9.17, 15) is 4.79 Å². The van der Waals surface area contributed by atoms with Gasteiger partial charge in [-0.2, -0.15) is 5.10 Å². The van der Waals surface area contributed by atoms with Crippen LogP contribution in [0.1, 0.15) is 6.42 Å². The second-order valence-electron chi connectivity index (χ2n) is 5.65. The molecule has 2 aromatic carbocycles. The van der Waals surface area contributed by atoms with Crippen LogP contribution in [0.15, 0.2) is 42.5 Å². The van der Waals surface area contributed by atoms with E-state index in [1.807, 2.05) is 42.5 Å². The molecule has 0 radical (unpaired) electrons. The lowest BCUT2D eigenvalue weighted by atomic mass is 10.1. The minimum Gasteiger partial charge on any atom is -0.494 e. The molecule has 0 unspecified atom stereocenters. The Hall–Kier alpha value is -3.02. The fourth-order valence-electron chi connectivity index (χ4n) is 2.73. The highest BCUT2D eigenvalue weighted by molar-refractivity contribution is 5.94. The van der Waals surface area contributed by atoms with Crippen LogP contribution >= 0.6 is 0 Å². The third-order valence-corrected chi connectivity index (χ3v) is 3.92. The van der Waals surface area contributed by atoms with Crippen molar-refractivity contribution in [3.8, 4) is 22.8 Å². The van der Waals surface area contributed by atoms with Crippen LogP contribution in [0.3, 0.4) is 0 Å². The molecule has 2 N–H and O–H groups in total. The molecular formula is C18H17N3O3. The minimum absolute atomic E-state index is 0.00591. The van der Waals surface area contributed by atoms with Gasteiger partial charge in [0.25, 0.3) is 5.91 Å². The van der Waals surface area contributed by atoms with Gasteiger partial charge < -0.3 is 14.8 Å². The summed E-state index contributed by atoms with van der Waals surface area (Å²) in [6, 6.07) is 13.4. The summed E-state index contributed by atoms with van der Waals surface area (Å²) >= 11 is 0. The summed E-state index contributed by atoms with van der Waals surface area (Å²) in [5, 5.41) is 11.3. The number of aromatic nitrogens is 2. The number of rotatable bonds is 0. The van der Waals surface area contributed by atoms with Gasteiger partial charge >= 0.3 is 0 Å². The van der Waals surface area contributed by atoms with Gasteiger partial charge in [0.05, 0.1) is 12.1 Å². The Bertz CT molecular complexity index is 888. The summed E-state index contributed by atoms with van der Waals surface area (Å²) < 4.78 is 11.4. The Morgan fingerprint density at radius 2 is 1.96 bits per heavy atom. The number of hydrogen-bond donors (Lipinski definition) is 2. The quantitative estimate of drug-likeness (QED) is 0.666. The Morgan fingerprint density at radius 1 is 1.04 bits per heavy atom. The smallest absolute Gasteiger partial charge is 0.257 e. The van der Waals surface area contributed by atoms with Crippen molar-refractivity contribution in [2.45, 2.75) is 6.42 Å². The number of carbonyl (C=O) groups excluding carboxylic acids is 1. The van der Waals surface area contributed by atoms with E-state index >= 15 is 0 Å². The summed E-state index contributed by atoms with van der Waals surface area (Å²) in [7, 11) is 0. The van der Waals surface area contributed by atoms with E-state index in [1.54, 1.807) is 0 Å². The van der Waals surface area contributed by atoms with Crippen molar-refractivity contribution in [3.63, 3.8) is 0 Å². The average Bonchev–Trinajstić information content (AvgIpc) is 3.02. The number of fused-ring (bicyclic) bond motifs is 4. The Kier molecular flexibility index (Phi) is 3.78. The Labute approximate surface area is 138 Å². The van der Waals surface area contributed by atoms with E-state index in [1.165, 1.54) is 0 Å². The molecule has 3 aromatic rings. The van der Waals surface area contributed by atoms with Crippen LogP contribution < -0.4 is 14.8 Å². The maximum atomic E-state index is 11.8. The lowest BCUT2D eigenvalue weighted by molar-refractivity contribution is -0.123. The molecule has 24 heavy (non-hydrogen) atoms. The topological polar surface area (TPSA) is 76.2 Å². The third-order valence-electron chi connectivity index (χ3n) is 3.92. The predicted octanol–water partition coefficient (Wildman–Crippen LogP) is 2.51. The molecule has 0 fully saturated rings. The monoisotopic (exact) mass is 323 g/mol. The van der Waals surface area contributed by atoms with Crippen molar-refractivity contribution in [1.29, 1.82) is 0 Å². The lowest BCUT2D eigenvalue weighted by Crippen LogP contribution is -2.30. The minimum atomic E-state index is -0.141. The van der Waals surface area contributed by atoms with Crippen molar-refractivity contribution in [2.24, 2.45) is 0 Å². The summed E-state index contributed by atoms with van der Waals surface area (Å²) in [4.78, 5) is 11.8. The zero-order valence-electron chi connectivity index (χ0n) is 13.0. The molecule has 0 spiro atoms. The zero-order valence-corrected chi connectivity index (χ0v) is 13.0. The lowest BCUT2D eigenvalue weighted by Gasteiger charge is -2.08. The molecule has 1 aliphatic rings. The number of aromatic amines is 1. The first kappa shape index (κ1) is 14.6. The number of ether oxygens (including phenoxy) is 2. The highest BCUT2D eigenvalue weighted by atomic mass is 16.5. The third kappa shape index (κ3) is 2.90. The highest BCUT2D eigenvalue weighted by Crippen LogP contribution is 2.31. The number of benzene rings is 2. The molecular weight excluding hydrogens is 306 g/mol. The SMILES string of the molecule is O=C1COc2cccc(c2)-c2n[nH]c3ccc(cc23)OCCCN1. The fraction of sp³-hybridized carbons (Fsp3) is 0.222. The number of nitrogens with zero attached hydrogens (tertiary/aromatic N) is 1. The van der Waals surface area contributed by atoms with Gasteiger partial charge in [-0.25, -0.2) is 0 Å². The first-order valence-corrected chi connectivity index (χ1v) is 7.90. The van der Waals surface area contributed by atoms with Crippen LogP contribution in [-0.2, 0) is 4.79 Å². The average molecular weight is 323 g/mol. The molecule has 2 heterocycles. The van der Waals surface area contributed by atoms with Crippen molar-refractivity contribution in [3.05, 3.63) is 42.5 Å². The van der Waals surface area contributed by atoms with E-state index in [0.29, 0.717) is 18.9 Å². The number of nitrogens with one attached hydrogen (secondary N) is 2. The van der Waals surface area contributed by atoms with Crippen LogP contribution in [0.2, 0.25) is 0 Å². The summed E-state index contributed by atoms with van der Waals surface area (Å²) in [5.74, 6) is 1.29.